The summed E-state index contributed by atoms with van der Waals surface area (Å²) in [6, 6.07) is 0. The minimum absolute atomic E-state index is 0.889. The van der Waals surface area contributed by atoms with Crippen LogP contribution in [-0.2, 0) is 0 Å². The van der Waals surface area contributed by atoms with Gasteiger partial charge in [0.15, 0.2) is 0 Å². The van der Waals surface area contributed by atoms with Crippen molar-refractivity contribution in [3.8, 4) is 0 Å². The molecule has 21 heavy (non-hydrogen) atoms. The number of rotatable bonds is 17. The van der Waals surface area contributed by atoms with Crippen molar-refractivity contribution in [2.24, 2.45) is 5.92 Å². The predicted molar refractivity (Wildman–Crippen MR) is 103 cm³/mol. The number of thiol groups is 1. The van der Waals surface area contributed by atoms with Gasteiger partial charge in [-0.2, -0.15) is 12.6 Å². The molecule has 1 atom stereocenters. The monoisotopic (exact) mass is 314 g/mol. The third kappa shape index (κ3) is 16.5. The minimum Gasteiger partial charge on any atom is -0.179 e. The van der Waals surface area contributed by atoms with Crippen molar-refractivity contribution in [3.63, 3.8) is 0 Å². The van der Waals surface area contributed by atoms with Gasteiger partial charge in [-0.15, -0.1) is 0 Å². The van der Waals surface area contributed by atoms with E-state index >= 15 is 0 Å². The van der Waals surface area contributed by atoms with Crippen LogP contribution in [0.4, 0.5) is 0 Å². The van der Waals surface area contributed by atoms with E-state index in [4.69, 9.17) is 0 Å². The lowest BCUT2D eigenvalue weighted by atomic mass is 9.95. The van der Waals surface area contributed by atoms with Crippen LogP contribution in [0.3, 0.4) is 0 Å². The number of hydrogen-bond acceptors (Lipinski definition) is 1. The lowest BCUT2D eigenvalue weighted by Gasteiger charge is -2.14. The lowest BCUT2D eigenvalue weighted by Crippen LogP contribution is -2.02. The molecule has 0 aliphatic heterocycles. The van der Waals surface area contributed by atoms with Gasteiger partial charge in [-0.3, -0.25) is 0 Å². The normalized spacial score (nSPS) is 12.7. The van der Waals surface area contributed by atoms with Crippen molar-refractivity contribution < 1.29 is 0 Å². The fourth-order valence-electron chi connectivity index (χ4n) is 3.11. The first-order valence-electron chi connectivity index (χ1n) is 9.96. The Hall–Kier alpha value is 0.350. The molecule has 0 aliphatic carbocycles. The zero-order valence-corrected chi connectivity index (χ0v) is 15.9. The average molecular weight is 315 g/mol. The Bertz CT molecular complexity index is 179. The molecule has 128 valence electrons. The van der Waals surface area contributed by atoms with Crippen molar-refractivity contribution in [2.75, 3.05) is 5.75 Å². The number of hydrogen-bond donors (Lipinski definition) is 1. The molecule has 0 bridgehead atoms. The highest BCUT2D eigenvalue weighted by Gasteiger charge is 2.06. The molecular formula is C20H42S. The molecule has 0 spiro atoms. The van der Waals surface area contributed by atoms with Crippen LogP contribution >= 0.6 is 12.6 Å². The summed E-state index contributed by atoms with van der Waals surface area (Å²) in [5.74, 6) is 1.99. The zero-order valence-electron chi connectivity index (χ0n) is 15.0. The Kier molecular flexibility index (Phi) is 18.7. The van der Waals surface area contributed by atoms with E-state index in [-0.39, 0.29) is 0 Å². The second-order valence-electron chi connectivity index (χ2n) is 6.87. The first-order chi connectivity index (χ1) is 10.3. The van der Waals surface area contributed by atoms with Gasteiger partial charge >= 0.3 is 0 Å². The highest BCUT2D eigenvalue weighted by molar-refractivity contribution is 7.80. The first kappa shape index (κ1) is 21.4. The Morgan fingerprint density at radius 1 is 0.524 bits per heavy atom. The summed E-state index contributed by atoms with van der Waals surface area (Å²) in [5, 5.41) is 0. The largest absolute Gasteiger partial charge is 0.179 e. The van der Waals surface area contributed by atoms with E-state index in [1.165, 1.54) is 103 Å². The van der Waals surface area contributed by atoms with E-state index in [0.717, 1.165) is 11.7 Å². The van der Waals surface area contributed by atoms with E-state index in [1.54, 1.807) is 0 Å². The van der Waals surface area contributed by atoms with E-state index in [2.05, 4.69) is 26.5 Å². The van der Waals surface area contributed by atoms with Gasteiger partial charge in [-0.05, 0) is 24.5 Å². The topological polar surface area (TPSA) is 0 Å². The minimum atomic E-state index is 0.889. The molecule has 0 amide bonds. The van der Waals surface area contributed by atoms with Gasteiger partial charge in [0.25, 0.3) is 0 Å². The second-order valence-corrected chi connectivity index (χ2v) is 7.23. The van der Waals surface area contributed by atoms with Crippen LogP contribution in [0.5, 0.6) is 0 Å². The first-order valence-corrected chi connectivity index (χ1v) is 10.6. The molecule has 0 aromatic rings. The summed E-state index contributed by atoms with van der Waals surface area (Å²) in [6.45, 7) is 4.59. The van der Waals surface area contributed by atoms with Crippen molar-refractivity contribution >= 4 is 12.6 Å². The maximum absolute atomic E-state index is 4.56. The standard InChI is InChI=1S/C20H42S/c1-3-5-7-9-11-12-14-16-18-20(19-21)17-15-13-10-8-6-4-2/h20-21H,3-19H2,1-2H3. The van der Waals surface area contributed by atoms with E-state index < -0.39 is 0 Å². The molecule has 0 aliphatic rings. The highest BCUT2D eigenvalue weighted by atomic mass is 32.1. The summed E-state index contributed by atoms with van der Waals surface area (Å²) in [6.07, 6.45) is 22.9. The molecule has 0 aromatic carbocycles. The van der Waals surface area contributed by atoms with Crippen LogP contribution in [0.15, 0.2) is 0 Å². The maximum atomic E-state index is 4.56. The third-order valence-corrected chi connectivity index (χ3v) is 5.21. The Morgan fingerprint density at radius 3 is 1.19 bits per heavy atom. The van der Waals surface area contributed by atoms with Gasteiger partial charge < -0.3 is 0 Å². The van der Waals surface area contributed by atoms with Crippen LogP contribution in [0.1, 0.15) is 117 Å². The quantitative estimate of drug-likeness (QED) is 0.205. The molecule has 1 unspecified atom stereocenters. The SMILES string of the molecule is CCCCCCCCCCC(CS)CCCCCCCC. The van der Waals surface area contributed by atoms with Crippen LogP contribution in [-0.4, -0.2) is 5.75 Å². The van der Waals surface area contributed by atoms with Crippen LogP contribution in [0.2, 0.25) is 0 Å². The molecule has 0 aromatic heterocycles. The Balaban J connectivity index is 3.28. The average Bonchev–Trinajstić information content (AvgIpc) is 2.51. The molecule has 0 saturated heterocycles. The predicted octanol–water partition coefficient (Wildman–Crippen LogP) is 7.81. The van der Waals surface area contributed by atoms with Crippen molar-refractivity contribution in [3.05, 3.63) is 0 Å². The Morgan fingerprint density at radius 2 is 0.857 bits per heavy atom. The summed E-state index contributed by atoms with van der Waals surface area (Å²) >= 11 is 4.56. The third-order valence-electron chi connectivity index (χ3n) is 4.69. The highest BCUT2D eigenvalue weighted by Crippen LogP contribution is 2.20. The number of unbranched alkanes of at least 4 members (excludes halogenated alkanes) is 12. The molecule has 0 rings (SSSR count). The van der Waals surface area contributed by atoms with Gasteiger partial charge in [0.2, 0.25) is 0 Å². The molecule has 0 N–H and O–H groups in total. The van der Waals surface area contributed by atoms with E-state index in [0.29, 0.717) is 0 Å². The maximum Gasteiger partial charge on any atom is -0.00695 e. The molecule has 0 fully saturated rings. The lowest BCUT2D eigenvalue weighted by molar-refractivity contribution is 0.437. The van der Waals surface area contributed by atoms with Gasteiger partial charge in [0.1, 0.15) is 0 Å². The van der Waals surface area contributed by atoms with Gasteiger partial charge in [0.05, 0.1) is 0 Å². The van der Waals surface area contributed by atoms with Crippen molar-refractivity contribution in [1.29, 1.82) is 0 Å². The smallest absolute Gasteiger partial charge is 0.00695 e. The van der Waals surface area contributed by atoms with Gasteiger partial charge in [0, 0.05) is 0 Å². The summed E-state index contributed by atoms with van der Waals surface area (Å²) in [5.41, 5.74) is 0. The Labute approximate surface area is 141 Å². The van der Waals surface area contributed by atoms with E-state index in [9.17, 15) is 0 Å². The summed E-state index contributed by atoms with van der Waals surface area (Å²) in [7, 11) is 0. The van der Waals surface area contributed by atoms with Crippen LogP contribution in [0, 0.1) is 5.92 Å². The fraction of sp³-hybridized carbons (Fsp3) is 1.00. The molecule has 0 saturated carbocycles. The van der Waals surface area contributed by atoms with Gasteiger partial charge in [-0.1, -0.05) is 104 Å². The molecule has 0 radical (unpaired) electrons. The molecule has 0 nitrogen and oxygen atoms in total. The summed E-state index contributed by atoms with van der Waals surface area (Å²) < 4.78 is 0. The molecule has 0 heterocycles. The van der Waals surface area contributed by atoms with E-state index in [1.807, 2.05) is 0 Å². The summed E-state index contributed by atoms with van der Waals surface area (Å²) in [4.78, 5) is 0. The van der Waals surface area contributed by atoms with Crippen LogP contribution < -0.4 is 0 Å². The zero-order chi connectivity index (χ0) is 15.6. The second kappa shape index (κ2) is 18.4. The molecular weight excluding hydrogens is 272 g/mol. The van der Waals surface area contributed by atoms with Crippen LogP contribution in [0.25, 0.3) is 0 Å². The van der Waals surface area contributed by atoms with Crippen molar-refractivity contribution in [2.45, 2.75) is 117 Å². The van der Waals surface area contributed by atoms with Gasteiger partial charge in [-0.25, -0.2) is 0 Å². The van der Waals surface area contributed by atoms with Crippen molar-refractivity contribution in [1.82, 2.24) is 0 Å². The fourth-order valence-corrected chi connectivity index (χ4v) is 3.47. The molecule has 1 heteroatoms.